The van der Waals surface area contributed by atoms with E-state index in [4.69, 9.17) is 9.47 Å². The van der Waals surface area contributed by atoms with Gasteiger partial charge in [-0.05, 0) is 27.2 Å². The molecule has 0 aromatic carbocycles. The van der Waals surface area contributed by atoms with Gasteiger partial charge in [-0.2, -0.15) is 0 Å². The summed E-state index contributed by atoms with van der Waals surface area (Å²) >= 11 is 2.36. The highest BCUT2D eigenvalue weighted by Crippen LogP contribution is 2.23. The first-order valence-corrected chi connectivity index (χ1v) is 10.2. The Morgan fingerprint density at radius 3 is 2.75 bits per heavy atom. The Balaban J connectivity index is 1.46. The zero-order valence-electron chi connectivity index (χ0n) is 16.0. The lowest BCUT2D eigenvalue weighted by molar-refractivity contribution is -0.150. The standard InChI is InChI=1S/C19H23IN4O4/c1-19(2,3)28-18(26)23-10-15(11-23)27-16(25)7-8-24-12-21-17(22-24)13-5-4-6-14(20)9-13/h4-5,7-9,12,14-15H,6,10-11H2,1-3H3/b8-7+. The number of ether oxygens (including phenoxy) is 2. The third kappa shape index (κ3) is 5.66. The second kappa shape index (κ2) is 8.46. The molecule has 28 heavy (non-hydrogen) atoms. The van der Waals surface area contributed by atoms with Gasteiger partial charge < -0.3 is 14.4 Å². The normalized spacial score (nSPS) is 20.1. The summed E-state index contributed by atoms with van der Waals surface area (Å²) in [6.45, 7) is 6.09. The van der Waals surface area contributed by atoms with Crippen LogP contribution >= 0.6 is 22.6 Å². The highest BCUT2D eigenvalue weighted by atomic mass is 127. The minimum absolute atomic E-state index is 0.325. The van der Waals surface area contributed by atoms with Crippen molar-refractivity contribution in [2.45, 2.75) is 42.8 Å². The van der Waals surface area contributed by atoms with Gasteiger partial charge in [0.05, 0.1) is 13.1 Å². The Morgan fingerprint density at radius 1 is 1.32 bits per heavy atom. The van der Waals surface area contributed by atoms with Gasteiger partial charge in [0.2, 0.25) is 0 Å². The molecular weight excluding hydrogens is 475 g/mol. The molecule has 150 valence electrons. The van der Waals surface area contributed by atoms with Crippen molar-refractivity contribution in [2.75, 3.05) is 13.1 Å². The van der Waals surface area contributed by atoms with Gasteiger partial charge in [0.15, 0.2) is 5.82 Å². The predicted octanol–water partition coefficient (Wildman–Crippen LogP) is 3.06. The number of alkyl halides is 1. The van der Waals surface area contributed by atoms with Crippen molar-refractivity contribution in [3.05, 3.63) is 36.5 Å². The lowest BCUT2D eigenvalue weighted by Gasteiger charge is -2.38. The van der Waals surface area contributed by atoms with E-state index in [1.54, 1.807) is 0 Å². The van der Waals surface area contributed by atoms with Crippen molar-refractivity contribution in [2.24, 2.45) is 0 Å². The lowest BCUT2D eigenvalue weighted by atomic mass is 10.1. The van der Waals surface area contributed by atoms with E-state index in [1.807, 2.05) is 26.8 Å². The van der Waals surface area contributed by atoms with Gasteiger partial charge in [0, 0.05) is 21.8 Å². The van der Waals surface area contributed by atoms with Gasteiger partial charge in [-0.25, -0.2) is 19.3 Å². The molecule has 8 nitrogen and oxygen atoms in total. The molecule has 2 heterocycles. The molecule has 1 saturated heterocycles. The van der Waals surface area contributed by atoms with E-state index >= 15 is 0 Å². The van der Waals surface area contributed by atoms with Crippen LogP contribution in [0, 0.1) is 0 Å². The Hall–Kier alpha value is -2.17. The summed E-state index contributed by atoms with van der Waals surface area (Å²) < 4.78 is 12.5. The van der Waals surface area contributed by atoms with Crippen LogP contribution in [0.5, 0.6) is 0 Å². The summed E-state index contributed by atoms with van der Waals surface area (Å²) in [7, 11) is 0. The molecule has 0 bridgehead atoms. The van der Waals surface area contributed by atoms with Crippen LogP contribution < -0.4 is 0 Å². The third-order valence-corrected chi connectivity index (χ3v) is 4.80. The SMILES string of the molecule is CC(C)(C)OC(=O)N1CC(OC(=O)/C=C/n2cnc(C3=CC(I)CC=C3)n2)C1. The molecule has 1 atom stereocenters. The lowest BCUT2D eigenvalue weighted by Crippen LogP contribution is -2.56. The Kier molecular flexibility index (Phi) is 6.21. The number of nitrogens with zero attached hydrogens (tertiary/aromatic N) is 4. The molecule has 2 aliphatic rings. The van der Waals surface area contributed by atoms with E-state index in [0.29, 0.717) is 22.8 Å². The zero-order chi connectivity index (χ0) is 20.3. The zero-order valence-corrected chi connectivity index (χ0v) is 18.2. The molecule has 1 aromatic rings. The molecule has 0 radical (unpaired) electrons. The topological polar surface area (TPSA) is 86.5 Å². The third-order valence-electron chi connectivity index (χ3n) is 3.93. The second-order valence-electron chi connectivity index (χ2n) is 7.58. The van der Waals surface area contributed by atoms with Gasteiger partial charge in [0.1, 0.15) is 18.0 Å². The van der Waals surface area contributed by atoms with Crippen molar-refractivity contribution < 1.29 is 19.1 Å². The van der Waals surface area contributed by atoms with Crippen LogP contribution in [0.3, 0.4) is 0 Å². The molecule has 3 rings (SSSR count). The number of allylic oxidation sites excluding steroid dienone is 4. The van der Waals surface area contributed by atoms with Crippen LogP contribution in [0.1, 0.15) is 33.0 Å². The maximum atomic E-state index is 11.9. The van der Waals surface area contributed by atoms with Gasteiger partial charge in [-0.15, -0.1) is 5.10 Å². The quantitative estimate of drug-likeness (QED) is 0.275. The molecule has 1 unspecified atom stereocenters. The van der Waals surface area contributed by atoms with E-state index in [2.05, 4.69) is 44.8 Å². The molecule has 1 amide bonds. The summed E-state index contributed by atoms with van der Waals surface area (Å²) in [4.78, 5) is 29.6. The number of rotatable bonds is 4. The van der Waals surface area contributed by atoms with E-state index in [9.17, 15) is 9.59 Å². The summed E-state index contributed by atoms with van der Waals surface area (Å²) in [5.74, 6) is 0.123. The van der Waals surface area contributed by atoms with E-state index in [1.165, 1.54) is 28.2 Å². The van der Waals surface area contributed by atoms with E-state index in [0.717, 1.165) is 12.0 Å². The molecule has 1 aliphatic heterocycles. The maximum absolute atomic E-state index is 11.9. The number of aromatic nitrogens is 3. The molecule has 1 fully saturated rings. The number of hydrogen-bond donors (Lipinski definition) is 0. The minimum Gasteiger partial charge on any atom is -0.455 e. The monoisotopic (exact) mass is 498 g/mol. The molecular formula is C19H23IN4O4. The first-order chi connectivity index (χ1) is 13.2. The number of hydrogen-bond acceptors (Lipinski definition) is 6. The highest BCUT2D eigenvalue weighted by molar-refractivity contribution is 14.1. The largest absolute Gasteiger partial charge is 0.455 e. The van der Waals surface area contributed by atoms with Crippen LogP contribution in [0.4, 0.5) is 4.79 Å². The highest BCUT2D eigenvalue weighted by Gasteiger charge is 2.35. The van der Waals surface area contributed by atoms with Crippen LogP contribution in [0.15, 0.2) is 30.6 Å². The number of halogens is 1. The fraction of sp³-hybridized carbons (Fsp3) is 0.474. The Morgan fingerprint density at radius 2 is 2.07 bits per heavy atom. The molecule has 9 heteroatoms. The molecule has 1 aromatic heterocycles. The van der Waals surface area contributed by atoms with Crippen molar-refractivity contribution in [3.63, 3.8) is 0 Å². The Labute approximate surface area is 177 Å². The second-order valence-corrected chi connectivity index (χ2v) is 9.18. The van der Waals surface area contributed by atoms with Crippen LogP contribution in [-0.4, -0.2) is 60.4 Å². The fourth-order valence-corrected chi connectivity index (χ4v) is 3.28. The summed E-state index contributed by atoms with van der Waals surface area (Å²) in [5, 5.41) is 4.34. The van der Waals surface area contributed by atoms with Crippen molar-refractivity contribution >= 4 is 46.4 Å². The first kappa shape index (κ1) is 20.6. The summed E-state index contributed by atoms with van der Waals surface area (Å²) in [6.07, 6.45) is 10.8. The van der Waals surface area contributed by atoms with Crippen LogP contribution in [0.2, 0.25) is 0 Å². The van der Waals surface area contributed by atoms with Crippen molar-refractivity contribution in [1.82, 2.24) is 19.7 Å². The van der Waals surface area contributed by atoms with Crippen LogP contribution in [-0.2, 0) is 14.3 Å². The average molecular weight is 498 g/mol. The van der Waals surface area contributed by atoms with Gasteiger partial charge in [-0.3, -0.25) is 0 Å². The number of carbonyl (C=O) groups is 2. The number of esters is 1. The first-order valence-electron chi connectivity index (χ1n) is 9.00. The summed E-state index contributed by atoms with van der Waals surface area (Å²) in [5.41, 5.74) is 0.427. The van der Waals surface area contributed by atoms with Gasteiger partial charge in [0.25, 0.3) is 0 Å². The Bertz CT molecular complexity index is 831. The van der Waals surface area contributed by atoms with Crippen molar-refractivity contribution in [1.29, 1.82) is 0 Å². The number of likely N-dealkylation sites (tertiary alicyclic amines) is 1. The molecule has 1 aliphatic carbocycles. The van der Waals surface area contributed by atoms with Crippen LogP contribution in [0.25, 0.3) is 11.8 Å². The van der Waals surface area contributed by atoms with E-state index in [-0.39, 0.29) is 6.10 Å². The molecule has 0 saturated carbocycles. The number of carbonyl (C=O) groups excluding carboxylic acids is 2. The van der Waals surface area contributed by atoms with Gasteiger partial charge in [-0.1, -0.05) is 40.8 Å². The number of amides is 1. The average Bonchev–Trinajstić information content (AvgIpc) is 3.03. The molecule has 0 N–H and O–H groups in total. The maximum Gasteiger partial charge on any atom is 0.410 e. The minimum atomic E-state index is -0.542. The predicted molar refractivity (Wildman–Crippen MR) is 113 cm³/mol. The van der Waals surface area contributed by atoms with Crippen molar-refractivity contribution in [3.8, 4) is 0 Å². The van der Waals surface area contributed by atoms with E-state index < -0.39 is 17.7 Å². The molecule has 0 spiro atoms. The smallest absolute Gasteiger partial charge is 0.410 e. The fourth-order valence-electron chi connectivity index (χ4n) is 2.60. The summed E-state index contributed by atoms with van der Waals surface area (Å²) in [6, 6.07) is 0. The van der Waals surface area contributed by atoms with Gasteiger partial charge >= 0.3 is 12.1 Å².